The van der Waals surface area contributed by atoms with Crippen LogP contribution < -0.4 is 19.7 Å². The number of rotatable bonds is 15. The maximum Gasteiger partial charge on any atom is 0.293 e. The maximum atomic E-state index is 15.1. The van der Waals surface area contributed by atoms with Gasteiger partial charge in [0.25, 0.3) is 21.6 Å². The first kappa shape index (κ1) is 38.2. The van der Waals surface area contributed by atoms with E-state index in [0.717, 1.165) is 22.1 Å². The fourth-order valence-corrected chi connectivity index (χ4v) is 7.67. The molecule has 5 aromatic rings. The number of aromatic nitrogens is 2. The van der Waals surface area contributed by atoms with E-state index in [1.54, 1.807) is 30.0 Å². The van der Waals surface area contributed by atoms with Gasteiger partial charge in [0, 0.05) is 61.5 Å². The Balaban J connectivity index is 1.00. The van der Waals surface area contributed by atoms with Crippen molar-refractivity contribution in [1.29, 1.82) is 0 Å². The van der Waals surface area contributed by atoms with E-state index in [-0.39, 0.29) is 17.2 Å². The summed E-state index contributed by atoms with van der Waals surface area (Å²) in [6, 6.07) is 28.7. The molecule has 13 nitrogen and oxygen atoms in total. The van der Waals surface area contributed by atoms with E-state index in [1.807, 2.05) is 77.2 Å². The third kappa shape index (κ3) is 9.69. The molecule has 0 atom stereocenters. The Morgan fingerprint density at radius 3 is 2.44 bits per heavy atom. The van der Waals surface area contributed by atoms with Gasteiger partial charge in [0.05, 0.1) is 16.4 Å². The molecule has 2 heterocycles. The molecule has 2 N–H and O–H groups in total. The van der Waals surface area contributed by atoms with Crippen molar-refractivity contribution < 1.29 is 27.3 Å². The number of sulfonamides is 1. The fraction of sp³-hybridized carbons (Fsp3) is 0.237. The summed E-state index contributed by atoms with van der Waals surface area (Å²) in [5, 5.41) is 22.9. The van der Waals surface area contributed by atoms with Crippen LogP contribution in [-0.4, -0.2) is 79.4 Å². The molecule has 1 aliphatic rings. The summed E-state index contributed by atoms with van der Waals surface area (Å²) < 4.78 is 48.7. The number of carbonyl (C=O) groups excluding carboxylic acids is 1. The van der Waals surface area contributed by atoms with Gasteiger partial charge in [0.1, 0.15) is 17.3 Å². The molecule has 280 valence electrons. The number of anilines is 2. The van der Waals surface area contributed by atoms with Crippen LogP contribution in [0.3, 0.4) is 0 Å². The number of nitro benzene ring substituents is 1. The van der Waals surface area contributed by atoms with Gasteiger partial charge in [0.2, 0.25) is 0 Å². The van der Waals surface area contributed by atoms with Gasteiger partial charge in [0.15, 0.2) is 11.5 Å². The number of carbonyl (C=O) groups is 1. The van der Waals surface area contributed by atoms with Crippen LogP contribution in [0.4, 0.5) is 21.6 Å². The number of ether oxygens (including phenoxy) is 1. The summed E-state index contributed by atoms with van der Waals surface area (Å²) in [6.45, 7) is 5.96. The van der Waals surface area contributed by atoms with Gasteiger partial charge in [-0.1, -0.05) is 42.5 Å². The number of halogens is 1. The lowest BCUT2D eigenvalue weighted by Gasteiger charge is -2.35. The highest BCUT2D eigenvalue weighted by Crippen LogP contribution is 2.29. The first-order valence-electron chi connectivity index (χ1n) is 17.2. The second-order valence-electron chi connectivity index (χ2n) is 12.3. The Bertz CT molecular complexity index is 2200. The van der Waals surface area contributed by atoms with Gasteiger partial charge in [-0.3, -0.25) is 19.8 Å². The summed E-state index contributed by atoms with van der Waals surface area (Å²) in [7, 11) is -4.48. The van der Waals surface area contributed by atoms with Crippen LogP contribution in [0.2, 0.25) is 0 Å². The molecule has 1 aromatic heterocycles. The lowest BCUT2D eigenvalue weighted by Crippen LogP contribution is -2.46. The van der Waals surface area contributed by atoms with Crippen LogP contribution in [0.15, 0.2) is 113 Å². The highest BCUT2D eigenvalue weighted by Gasteiger charge is 2.25. The van der Waals surface area contributed by atoms with E-state index in [2.05, 4.69) is 20.4 Å². The number of hydrogen-bond donors (Lipinski definition) is 2. The SMILES string of the molecule is CCOc1cccc(-c2ccc(CN3CCN(c4ccc(C(=O)NS(=O)(=O)c5ccc(NCCSc6ccccc6)c([N+](=O)[O-])c5)nn4)CC3)cc2F)c1. The van der Waals surface area contributed by atoms with E-state index in [4.69, 9.17) is 4.74 Å². The lowest BCUT2D eigenvalue weighted by molar-refractivity contribution is -0.384. The Hall–Kier alpha value is -5.58. The zero-order valence-corrected chi connectivity index (χ0v) is 31.0. The first-order chi connectivity index (χ1) is 26.1. The average molecular weight is 772 g/mol. The summed E-state index contributed by atoms with van der Waals surface area (Å²) in [5.41, 5.74) is 1.59. The van der Waals surface area contributed by atoms with E-state index in [9.17, 15) is 23.3 Å². The minimum absolute atomic E-state index is 0.157. The van der Waals surface area contributed by atoms with Gasteiger partial charge in [-0.05, 0) is 72.6 Å². The number of piperazine rings is 1. The molecule has 6 rings (SSSR count). The molecule has 0 unspecified atom stereocenters. The van der Waals surface area contributed by atoms with Crippen molar-refractivity contribution in [3.05, 3.63) is 130 Å². The summed E-state index contributed by atoms with van der Waals surface area (Å²) in [4.78, 5) is 28.8. The van der Waals surface area contributed by atoms with Crippen molar-refractivity contribution in [2.75, 3.05) is 55.3 Å². The quantitative estimate of drug-likeness (QED) is 0.0535. The average Bonchev–Trinajstić information content (AvgIpc) is 3.17. The van der Waals surface area contributed by atoms with Crippen molar-refractivity contribution >= 4 is 44.9 Å². The molecule has 54 heavy (non-hydrogen) atoms. The minimum atomic E-state index is -4.48. The molecule has 0 aliphatic carbocycles. The molecule has 1 aliphatic heterocycles. The van der Waals surface area contributed by atoms with Crippen molar-refractivity contribution in [1.82, 2.24) is 19.8 Å². The summed E-state index contributed by atoms with van der Waals surface area (Å²) in [6.07, 6.45) is 0. The molecule has 0 bridgehead atoms. The Morgan fingerprint density at radius 1 is 0.944 bits per heavy atom. The van der Waals surface area contributed by atoms with Crippen LogP contribution in [-0.2, 0) is 16.6 Å². The Kier molecular flexibility index (Phi) is 12.4. The number of nitro groups is 1. The van der Waals surface area contributed by atoms with Crippen LogP contribution in [0.1, 0.15) is 23.0 Å². The van der Waals surface area contributed by atoms with Crippen molar-refractivity contribution in [2.24, 2.45) is 0 Å². The van der Waals surface area contributed by atoms with Gasteiger partial charge < -0.3 is 15.0 Å². The van der Waals surface area contributed by atoms with E-state index in [0.29, 0.717) is 68.8 Å². The molecule has 1 saturated heterocycles. The Labute approximate surface area is 316 Å². The molecule has 1 amide bonds. The first-order valence-corrected chi connectivity index (χ1v) is 19.7. The van der Waals surface area contributed by atoms with Gasteiger partial charge >= 0.3 is 0 Å². The van der Waals surface area contributed by atoms with Gasteiger partial charge in [-0.15, -0.1) is 22.0 Å². The largest absolute Gasteiger partial charge is 0.494 e. The maximum absolute atomic E-state index is 15.1. The van der Waals surface area contributed by atoms with Crippen LogP contribution >= 0.6 is 11.8 Å². The molecule has 16 heteroatoms. The normalized spacial score (nSPS) is 13.3. The minimum Gasteiger partial charge on any atom is -0.494 e. The molecular formula is C38H38FN7O6S2. The fourth-order valence-electron chi connectivity index (χ4n) is 5.90. The predicted molar refractivity (Wildman–Crippen MR) is 206 cm³/mol. The number of hydrogen-bond acceptors (Lipinski definition) is 12. The zero-order chi connectivity index (χ0) is 38.1. The number of nitrogens with zero attached hydrogens (tertiary/aromatic N) is 5. The van der Waals surface area contributed by atoms with Gasteiger partial charge in [-0.25, -0.2) is 17.5 Å². The molecule has 1 fully saturated rings. The van der Waals surface area contributed by atoms with E-state index >= 15 is 4.39 Å². The van der Waals surface area contributed by atoms with Crippen LogP contribution in [0, 0.1) is 15.9 Å². The summed E-state index contributed by atoms with van der Waals surface area (Å²) in [5.74, 6) is 0.500. The second-order valence-corrected chi connectivity index (χ2v) is 15.1. The Morgan fingerprint density at radius 2 is 1.74 bits per heavy atom. The molecule has 0 spiro atoms. The van der Waals surface area contributed by atoms with Crippen molar-refractivity contribution in [3.8, 4) is 16.9 Å². The predicted octanol–water partition coefficient (Wildman–Crippen LogP) is 6.23. The van der Waals surface area contributed by atoms with E-state index in [1.165, 1.54) is 18.2 Å². The standard InChI is InChI=1S/C38H38FN7O6S2/c1-2-52-29-8-6-7-28(24-29)32-13-11-27(23-33(32)39)26-44-18-20-45(21-19-44)37-16-15-35(41-42-37)38(47)43-54(50,51)31-12-14-34(36(25-31)46(48)49)40-17-22-53-30-9-4-3-5-10-30/h3-16,23-25,40H,2,17-22,26H2,1H3,(H,43,47). The number of nitrogens with one attached hydrogen (secondary N) is 2. The number of amides is 1. The topological polar surface area (TPSA) is 160 Å². The lowest BCUT2D eigenvalue weighted by atomic mass is 10.0. The highest BCUT2D eigenvalue weighted by molar-refractivity contribution is 7.99. The monoisotopic (exact) mass is 771 g/mol. The van der Waals surface area contributed by atoms with Crippen molar-refractivity contribution in [2.45, 2.75) is 23.3 Å². The van der Waals surface area contributed by atoms with Gasteiger partial charge in [-0.2, -0.15) is 0 Å². The third-order valence-corrected chi connectivity index (χ3v) is 11.0. The zero-order valence-electron chi connectivity index (χ0n) is 29.4. The second kappa shape index (κ2) is 17.5. The molecular weight excluding hydrogens is 734 g/mol. The van der Waals surface area contributed by atoms with Crippen molar-refractivity contribution in [3.63, 3.8) is 0 Å². The summed E-state index contributed by atoms with van der Waals surface area (Å²) >= 11 is 1.57. The highest BCUT2D eigenvalue weighted by atomic mass is 32.2. The molecule has 0 saturated carbocycles. The molecule has 0 radical (unpaired) electrons. The smallest absolute Gasteiger partial charge is 0.293 e. The number of benzene rings is 4. The van der Waals surface area contributed by atoms with E-state index < -0.39 is 31.4 Å². The third-order valence-electron chi connectivity index (χ3n) is 8.61. The number of thioether (sulfide) groups is 1. The molecule has 4 aromatic carbocycles. The van der Waals surface area contributed by atoms with Crippen LogP contribution in [0.25, 0.3) is 11.1 Å². The van der Waals surface area contributed by atoms with Crippen LogP contribution in [0.5, 0.6) is 5.75 Å².